The number of rotatable bonds is 0. The summed E-state index contributed by atoms with van der Waals surface area (Å²) in [5.74, 6) is 2.06. The van der Waals surface area contributed by atoms with Gasteiger partial charge in [-0.05, 0) is 56.8 Å². The van der Waals surface area contributed by atoms with Crippen LogP contribution in [0.4, 0.5) is 0 Å². The average molecular weight is 252 g/mol. The fourth-order valence-electron chi connectivity index (χ4n) is 5.42. The van der Waals surface area contributed by atoms with Gasteiger partial charge < -0.3 is 4.74 Å². The number of hydrogen-bond donors (Lipinski definition) is 0. The van der Waals surface area contributed by atoms with Gasteiger partial charge in [-0.25, -0.2) is 0 Å². The zero-order valence-electron chi connectivity index (χ0n) is 10.2. The highest BCUT2D eigenvalue weighted by Gasteiger charge is 2.69. The molecule has 3 unspecified atom stereocenters. The largest absolute Gasteiger partial charge is 0.353 e. The summed E-state index contributed by atoms with van der Waals surface area (Å²) in [6.45, 7) is 1.93. The molecule has 5 aliphatic rings. The van der Waals surface area contributed by atoms with E-state index in [2.05, 4.69) is 6.07 Å². The molecule has 4 bridgehead atoms. The quantitative estimate of drug-likeness (QED) is 0.619. The Morgan fingerprint density at radius 2 is 1.82 bits per heavy atom. The second-order valence-electron chi connectivity index (χ2n) is 7.07. The minimum Gasteiger partial charge on any atom is -0.353 e. The normalized spacial score (nSPS) is 63.5. The Balaban J connectivity index is 1.67. The van der Waals surface area contributed by atoms with Crippen molar-refractivity contribution in [1.29, 1.82) is 5.26 Å². The fraction of sp³-hybridized carbons (Fsp3) is 0.929. The van der Waals surface area contributed by atoms with E-state index < -0.39 is 5.60 Å². The number of halogens is 1. The van der Waals surface area contributed by atoms with Crippen LogP contribution in [0, 0.1) is 29.1 Å². The van der Waals surface area contributed by atoms with E-state index >= 15 is 0 Å². The van der Waals surface area contributed by atoms with Crippen LogP contribution in [-0.4, -0.2) is 16.1 Å². The second-order valence-corrected chi connectivity index (χ2v) is 7.87. The summed E-state index contributed by atoms with van der Waals surface area (Å²) in [6, 6.07) is 2.32. The van der Waals surface area contributed by atoms with Crippen LogP contribution in [0.25, 0.3) is 0 Å². The number of hydrogen-bond acceptors (Lipinski definition) is 2. The van der Waals surface area contributed by atoms with Crippen LogP contribution in [0.15, 0.2) is 0 Å². The molecule has 3 heteroatoms. The average Bonchev–Trinajstić information content (AvgIpc) is 2.20. The maximum absolute atomic E-state index is 9.13. The summed E-state index contributed by atoms with van der Waals surface area (Å²) in [7, 11) is 0. The van der Waals surface area contributed by atoms with Gasteiger partial charge >= 0.3 is 0 Å². The standard InChI is InChI=1S/C14H18ClNO/c1-12(8-16)7-14(17-12)10-2-9-3-11(14)6-13(15,4-9)5-10/h9-11H,2-7H2,1H3/t9?,10-,11+,12-,13?,14?/m0/s1. The molecule has 5 fully saturated rings. The third-order valence-corrected chi connectivity index (χ3v) is 6.23. The molecule has 0 aromatic carbocycles. The maximum Gasteiger partial charge on any atom is 0.155 e. The van der Waals surface area contributed by atoms with Gasteiger partial charge in [-0.1, -0.05) is 0 Å². The van der Waals surface area contributed by atoms with Crippen molar-refractivity contribution in [3.05, 3.63) is 0 Å². The minimum atomic E-state index is -0.519. The van der Waals surface area contributed by atoms with Gasteiger partial charge in [0.05, 0.1) is 11.7 Å². The van der Waals surface area contributed by atoms with Gasteiger partial charge in [-0.15, -0.1) is 11.6 Å². The Bertz CT molecular complexity index is 402. The molecule has 1 spiro atoms. The molecule has 0 amide bonds. The van der Waals surface area contributed by atoms with E-state index in [4.69, 9.17) is 21.6 Å². The molecule has 1 aliphatic heterocycles. The van der Waals surface area contributed by atoms with Gasteiger partial charge in [-0.2, -0.15) is 5.26 Å². The van der Waals surface area contributed by atoms with E-state index in [1.54, 1.807) is 0 Å². The summed E-state index contributed by atoms with van der Waals surface area (Å²) in [6.07, 6.45) is 6.95. The first-order chi connectivity index (χ1) is 7.97. The highest BCUT2D eigenvalue weighted by molar-refractivity contribution is 6.24. The predicted octanol–water partition coefficient (Wildman–Crippen LogP) is 3.25. The van der Waals surface area contributed by atoms with Gasteiger partial charge in [0.1, 0.15) is 0 Å². The minimum absolute atomic E-state index is 0.0276. The van der Waals surface area contributed by atoms with Crippen LogP contribution in [0.3, 0.4) is 0 Å². The number of nitriles is 1. The van der Waals surface area contributed by atoms with E-state index in [0.29, 0.717) is 11.8 Å². The zero-order valence-corrected chi connectivity index (χ0v) is 11.0. The molecular formula is C14H18ClNO. The Morgan fingerprint density at radius 1 is 1.24 bits per heavy atom. The highest BCUT2D eigenvalue weighted by atomic mass is 35.5. The highest BCUT2D eigenvalue weighted by Crippen LogP contribution is 2.68. The zero-order chi connectivity index (χ0) is 11.9. The lowest BCUT2D eigenvalue weighted by Crippen LogP contribution is -2.72. The first kappa shape index (κ1) is 10.6. The van der Waals surface area contributed by atoms with Crippen molar-refractivity contribution < 1.29 is 4.74 Å². The SMILES string of the molecule is C[C@@]1(C#N)CC2(O1)[C@@H]1CC3C[C@H]2CC(Cl)(C3)C1. The molecule has 5 rings (SSSR count). The van der Waals surface area contributed by atoms with Crippen molar-refractivity contribution in [2.24, 2.45) is 17.8 Å². The third-order valence-electron chi connectivity index (χ3n) is 5.76. The summed E-state index contributed by atoms with van der Waals surface area (Å²) < 4.78 is 6.17. The molecule has 0 radical (unpaired) electrons. The summed E-state index contributed by atoms with van der Waals surface area (Å²) >= 11 is 6.72. The molecular weight excluding hydrogens is 234 g/mol. The number of nitrogens with zero attached hydrogens (tertiary/aromatic N) is 1. The van der Waals surface area contributed by atoms with Gasteiger partial charge in [0.25, 0.3) is 0 Å². The van der Waals surface area contributed by atoms with Crippen LogP contribution in [0.5, 0.6) is 0 Å². The molecule has 0 aromatic heterocycles. The lowest BCUT2D eigenvalue weighted by molar-refractivity contribution is -0.323. The molecule has 1 heterocycles. The predicted molar refractivity (Wildman–Crippen MR) is 64.6 cm³/mol. The van der Waals surface area contributed by atoms with E-state index in [0.717, 1.165) is 25.2 Å². The fourth-order valence-corrected chi connectivity index (χ4v) is 6.01. The van der Waals surface area contributed by atoms with Crippen molar-refractivity contribution in [3.63, 3.8) is 0 Å². The van der Waals surface area contributed by atoms with E-state index in [-0.39, 0.29) is 10.5 Å². The monoisotopic (exact) mass is 251 g/mol. The summed E-state index contributed by atoms with van der Waals surface area (Å²) in [4.78, 5) is 0.0732. The smallest absolute Gasteiger partial charge is 0.155 e. The Morgan fingerprint density at radius 3 is 2.29 bits per heavy atom. The Hall–Kier alpha value is -0.260. The molecule has 6 atom stereocenters. The van der Waals surface area contributed by atoms with Crippen LogP contribution >= 0.6 is 11.6 Å². The number of ether oxygens (including phenoxy) is 1. The summed E-state index contributed by atoms with van der Waals surface area (Å²) in [5.41, 5.74) is -0.491. The van der Waals surface area contributed by atoms with Gasteiger partial charge in [-0.3, -0.25) is 0 Å². The van der Waals surface area contributed by atoms with Crippen LogP contribution in [0.1, 0.15) is 45.4 Å². The van der Waals surface area contributed by atoms with Crippen molar-refractivity contribution in [3.8, 4) is 6.07 Å². The molecule has 17 heavy (non-hydrogen) atoms. The molecule has 0 N–H and O–H groups in total. The number of alkyl halides is 1. The van der Waals surface area contributed by atoms with E-state index in [9.17, 15) is 0 Å². The first-order valence-electron chi connectivity index (χ1n) is 6.77. The lowest BCUT2D eigenvalue weighted by atomic mass is 9.46. The van der Waals surface area contributed by atoms with Gasteiger partial charge in [0, 0.05) is 11.3 Å². The maximum atomic E-state index is 9.13. The lowest BCUT2D eigenvalue weighted by Gasteiger charge is -2.69. The van der Waals surface area contributed by atoms with Crippen molar-refractivity contribution in [2.75, 3.05) is 0 Å². The molecule has 4 aliphatic carbocycles. The van der Waals surface area contributed by atoms with Crippen molar-refractivity contribution >= 4 is 11.6 Å². The Labute approximate surface area is 107 Å². The second kappa shape index (κ2) is 2.83. The molecule has 0 aromatic rings. The molecule has 1 saturated heterocycles. The van der Waals surface area contributed by atoms with E-state index in [1.807, 2.05) is 6.92 Å². The Kier molecular flexibility index (Phi) is 1.77. The molecule has 2 nitrogen and oxygen atoms in total. The van der Waals surface area contributed by atoms with E-state index in [1.165, 1.54) is 19.3 Å². The van der Waals surface area contributed by atoms with Crippen molar-refractivity contribution in [2.45, 2.75) is 61.5 Å². The van der Waals surface area contributed by atoms with Gasteiger partial charge in [0.15, 0.2) is 5.60 Å². The molecule has 4 saturated carbocycles. The van der Waals surface area contributed by atoms with Crippen LogP contribution < -0.4 is 0 Å². The summed E-state index contributed by atoms with van der Waals surface area (Å²) in [5, 5.41) is 9.13. The third kappa shape index (κ3) is 1.20. The topological polar surface area (TPSA) is 33.0 Å². The van der Waals surface area contributed by atoms with Crippen LogP contribution in [-0.2, 0) is 4.74 Å². The first-order valence-corrected chi connectivity index (χ1v) is 7.15. The van der Waals surface area contributed by atoms with Crippen molar-refractivity contribution in [1.82, 2.24) is 0 Å². The van der Waals surface area contributed by atoms with Crippen LogP contribution in [0.2, 0.25) is 0 Å². The molecule has 92 valence electrons. The van der Waals surface area contributed by atoms with Gasteiger partial charge in [0.2, 0.25) is 0 Å².